The number of fused-ring (bicyclic) bond motifs is 1. The molecule has 84 valence electrons. The number of benzene rings is 1. The monoisotopic (exact) mass is 218 g/mol. The smallest absolute Gasteiger partial charge is 0.227 e. The van der Waals surface area contributed by atoms with E-state index in [1.165, 1.54) is 5.56 Å². The molecule has 0 radical (unpaired) electrons. The van der Waals surface area contributed by atoms with Crippen molar-refractivity contribution >= 4 is 17.5 Å². The van der Waals surface area contributed by atoms with E-state index in [4.69, 9.17) is 5.73 Å². The maximum atomic E-state index is 11.8. The molecule has 1 aliphatic rings. The molecule has 0 saturated heterocycles. The molecular formula is C12H14N2O2. The first-order valence-corrected chi connectivity index (χ1v) is 5.35. The normalized spacial score (nSPS) is 13.6. The second-order valence-corrected chi connectivity index (χ2v) is 3.89. The van der Waals surface area contributed by atoms with E-state index in [1.807, 2.05) is 24.3 Å². The molecule has 0 bridgehead atoms. The molecule has 2 amide bonds. The Morgan fingerprint density at radius 1 is 1.25 bits per heavy atom. The summed E-state index contributed by atoms with van der Waals surface area (Å²) in [7, 11) is 0. The van der Waals surface area contributed by atoms with Crippen molar-refractivity contribution in [2.24, 2.45) is 5.73 Å². The molecule has 0 aliphatic carbocycles. The lowest BCUT2D eigenvalue weighted by molar-refractivity contribution is -0.123. The van der Waals surface area contributed by atoms with Gasteiger partial charge in [-0.3, -0.25) is 9.59 Å². The van der Waals surface area contributed by atoms with Crippen LogP contribution in [0.2, 0.25) is 0 Å². The maximum Gasteiger partial charge on any atom is 0.227 e. The molecule has 4 heteroatoms. The van der Waals surface area contributed by atoms with Crippen molar-refractivity contribution in [1.29, 1.82) is 0 Å². The van der Waals surface area contributed by atoms with E-state index in [9.17, 15) is 9.59 Å². The third-order valence-electron chi connectivity index (χ3n) is 2.77. The summed E-state index contributed by atoms with van der Waals surface area (Å²) in [6.07, 6.45) is 1.21. The van der Waals surface area contributed by atoms with Crippen LogP contribution >= 0.6 is 0 Å². The van der Waals surface area contributed by atoms with Crippen LogP contribution in [0.4, 0.5) is 5.69 Å². The fourth-order valence-electron chi connectivity index (χ4n) is 1.96. The lowest BCUT2D eigenvalue weighted by atomic mass is 10.2. The highest BCUT2D eigenvalue weighted by Crippen LogP contribution is 2.27. The number of carbonyl (C=O) groups is 2. The summed E-state index contributed by atoms with van der Waals surface area (Å²) < 4.78 is 0. The lowest BCUT2D eigenvalue weighted by Gasteiger charge is -2.16. The van der Waals surface area contributed by atoms with Gasteiger partial charge in [0.1, 0.15) is 0 Å². The van der Waals surface area contributed by atoms with E-state index in [0.717, 1.165) is 12.1 Å². The quantitative estimate of drug-likeness (QED) is 0.817. The molecule has 1 aromatic carbocycles. The lowest BCUT2D eigenvalue weighted by Crippen LogP contribution is -2.29. The van der Waals surface area contributed by atoms with E-state index < -0.39 is 5.91 Å². The van der Waals surface area contributed by atoms with Crippen LogP contribution < -0.4 is 10.6 Å². The number of rotatable bonds is 3. The predicted molar refractivity (Wildman–Crippen MR) is 60.9 cm³/mol. The van der Waals surface area contributed by atoms with E-state index >= 15 is 0 Å². The van der Waals surface area contributed by atoms with Crippen LogP contribution in [-0.2, 0) is 16.0 Å². The Morgan fingerprint density at radius 3 is 2.75 bits per heavy atom. The first kappa shape index (κ1) is 10.7. The van der Waals surface area contributed by atoms with E-state index in [-0.39, 0.29) is 18.7 Å². The Labute approximate surface area is 94.0 Å². The first-order chi connectivity index (χ1) is 7.68. The number of nitrogens with two attached hydrogens (primary N) is 1. The molecule has 0 aromatic heterocycles. The minimum absolute atomic E-state index is 0.0243. The van der Waals surface area contributed by atoms with Gasteiger partial charge in [-0.2, -0.15) is 0 Å². The maximum absolute atomic E-state index is 11.8. The van der Waals surface area contributed by atoms with Crippen LogP contribution in [0.25, 0.3) is 0 Å². The zero-order valence-corrected chi connectivity index (χ0v) is 8.98. The van der Waals surface area contributed by atoms with Gasteiger partial charge < -0.3 is 10.6 Å². The number of carbonyl (C=O) groups excluding carboxylic acids is 2. The van der Waals surface area contributed by atoms with Gasteiger partial charge in [-0.15, -0.1) is 0 Å². The number of nitrogens with zero attached hydrogens (tertiary/aromatic N) is 1. The fraction of sp³-hybridized carbons (Fsp3) is 0.333. The number of primary amides is 1. The van der Waals surface area contributed by atoms with Gasteiger partial charge in [0.15, 0.2) is 0 Å². The Kier molecular flexibility index (Phi) is 2.90. The molecule has 0 atom stereocenters. The highest BCUT2D eigenvalue weighted by molar-refractivity contribution is 5.97. The molecule has 0 unspecified atom stereocenters. The van der Waals surface area contributed by atoms with Crippen molar-refractivity contribution in [2.75, 3.05) is 11.4 Å². The van der Waals surface area contributed by atoms with Crippen LogP contribution in [0.15, 0.2) is 24.3 Å². The molecule has 1 aliphatic heterocycles. The van der Waals surface area contributed by atoms with E-state index in [0.29, 0.717) is 6.54 Å². The standard InChI is InChI=1S/C12H14N2O2/c13-11(15)5-6-12(16)14-8-7-9-3-1-2-4-10(9)14/h1-4H,5-8H2,(H2,13,15). The van der Waals surface area contributed by atoms with Crippen molar-refractivity contribution in [3.05, 3.63) is 29.8 Å². The first-order valence-electron chi connectivity index (χ1n) is 5.35. The average molecular weight is 218 g/mol. The van der Waals surface area contributed by atoms with Gasteiger partial charge in [-0.25, -0.2) is 0 Å². The van der Waals surface area contributed by atoms with Crippen molar-refractivity contribution in [3.8, 4) is 0 Å². The van der Waals surface area contributed by atoms with Crippen molar-refractivity contribution < 1.29 is 9.59 Å². The van der Waals surface area contributed by atoms with Gasteiger partial charge in [0, 0.05) is 25.1 Å². The topological polar surface area (TPSA) is 63.4 Å². The Balaban J connectivity index is 2.07. The number of hydrogen-bond acceptors (Lipinski definition) is 2. The molecule has 0 saturated carbocycles. The molecular weight excluding hydrogens is 204 g/mol. The third kappa shape index (κ3) is 2.05. The second kappa shape index (κ2) is 4.35. The molecule has 1 aromatic rings. The number of anilines is 1. The summed E-state index contributed by atoms with van der Waals surface area (Å²) in [5, 5.41) is 0. The van der Waals surface area contributed by atoms with Gasteiger partial charge in [-0.05, 0) is 18.1 Å². The minimum Gasteiger partial charge on any atom is -0.370 e. The van der Waals surface area contributed by atoms with Crippen molar-refractivity contribution in [2.45, 2.75) is 19.3 Å². The third-order valence-corrected chi connectivity index (χ3v) is 2.77. The average Bonchev–Trinajstić information content (AvgIpc) is 2.69. The highest BCUT2D eigenvalue weighted by Gasteiger charge is 2.23. The fourth-order valence-corrected chi connectivity index (χ4v) is 1.96. The summed E-state index contributed by atoms with van der Waals surface area (Å²) in [6.45, 7) is 0.705. The summed E-state index contributed by atoms with van der Waals surface area (Å²) in [5.74, 6) is -0.454. The molecule has 0 spiro atoms. The molecule has 16 heavy (non-hydrogen) atoms. The van der Waals surface area contributed by atoms with Crippen molar-refractivity contribution in [3.63, 3.8) is 0 Å². The zero-order chi connectivity index (χ0) is 11.5. The Bertz CT molecular complexity index is 429. The van der Waals surface area contributed by atoms with Crippen molar-refractivity contribution in [1.82, 2.24) is 0 Å². The summed E-state index contributed by atoms with van der Waals surface area (Å²) in [5.41, 5.74) is 7.18. The van der Waals surface area contributed by atoms with Gasteiger partial charge in [0.05, 0.1) is 0 Å². The van der Waals surface area contributed by atoms with Gasteiger partial charge in [-0.1, -0.05) is 18.2 Å². The van der Waals surface area contributed by atoms with Crippen LogP contribution in [0, 0.1) is 0 Å². The van der Waals surface area contributed by atoms with Gasteiger partial charge >= 0.3 is 0 Å². The predicted octanol–water partition coefficient (Wildman–Crippen LogP) is 0.841. The molecule has 2 rings (SSSR count). The van der Waals surface area contributed by atoms with Crippen LogP contribution in [0.1, 0.15) is 18.4 Å². The zero-order valence-electron chi connectivity index (χ0n) is 8.98. The second-order valence-electron chi connectivity index (χ2n) is 3.89. The van der Waals surface area contributed by atoms with E-state index in [2.05, 4.69) is 0 Å². The molecule has 2 N–H and O–H groups in total. The number of para-hydroxylation sites is 1. The number of amides is 2. The van der Waals surface area contributed by atoms with Crippen LogP contribution in [0.3, 0.4) is 0 Å². The van der Waals surface area contributed by atoms with Crippen LogP contribution in [-0.4, -0.2) is 18.4 Å². The van der Waals surface area contributed by atoms with Gasteiger partial charge in [0.25, 0.3) is 0 Å². The molecule has 4 nitrogen and oxygen atoms in total. The Hall–Kier alpha value is -1.84. The molecule has 1 heterocycles. The SMILES string of the molecule is NC(=O)CCC(=O)N1CCc2ccccc21. The van der Waals surface area contributed by atoms with Gasteiger partial charge in [0.2, 0.25) is 11.8 Å². The Morgan fingerprint density at radius 2 is 2.00 bits per heavy atom. The highest BCUT2D eigenvalue weighted by atomic mass is 16.2. The summed E-state index contributed by atoms with van der Waals surface area (Å²) in [4.78, 5) is 24.2. The summed E-state index contributed by atoms with van der Waals surface area (Å²) >= 11 is 0. The largest absolute Gasteiger partial charge is 0.370 e. The minimum atomic E-state index is -0.430. The van der Waals surface area contributed by atoms with E-state index in [1.54, 1.807) is 4.90 Å². The molecule has 0 fully saturated rings. The summed E-state index contributed by atoms with van der Waals surface area (Å²) in [6, 6.07) is 7.84. The number of hydrogen-bond donors (Lipinski definition) is 1. The van der Waals surface area contributed by atoms with Crippen LogP contribution in [0.5, 0.6) is 0 Å².